The van der Waals surface area contributed by atoms with Gasteiger partial charge in [0, 0.05) is 6.54 Å². The first-order chi connectivity index (χ1) is 10.5. The summed E-state index contributed by atoms with van der Waals surface area (Å²) >= 11 is 0. The van der Waals surface area contributed by atoms with Gasteiger partial charge < -0.3 is 25.8 Å². The second-order valence-corrected chi connectivity index (χ2v) is 5.15. The molecule has 0 aromatic heterocycles. The molecule has 128 valence electrons. The molecule has 2 atom stereocenters. The molecule has 0 fully saturated rings. The van der Waals surface area contributed by atoms with Crippen LogP contribution in [-0.2, 0) is 9.59 Å². The lowest BCUT2D eigenvalue weighted by molar-refractivity contribution is -0.135. The molecule has 1 aliphatic heterocycles. The third-order valence-corrected chi connectivity index (χ3v) is 3.42. The van der Waals surface area contributed by atoms with Crippen molar-refractivity contribution in [1.82, 2.24) is 4.90 Å². The first-order valence-electron chi connectivity index (χ1n) is 7.22. The summed E-state index contributed by atoms with van der Waals surface area (Å²) in [6.45, 7) is 3.00. The van der Waals surface area contributed by atoms with Crippen molar-refractivity contribution in [2.24, 2.45) is 11.5 Å². The second-order valence-electron chi connectivity index (χ2n) is 5.15. The number of carbonyl (C=O) groups is 2. The van der Waals surface area contributed by atoms with Crippen molar-refractivity contribution in [3.05, 3.63) is 24.3 Å². The van der Waals surface area contributed by atoms with Crippen molar-refractivity contribution in [2.75, 3.05) is 19.7 Å². The number of halogens is 1. The number of hydrogen-bond donors (Lipinski definition) is 2. The van der Waals surface area contributed by atoms with E-state index in [1.165, 1.54) is 0 Å². The summed E-state index contributed by atoms with van der Waals surface area (Å²) in [4.78, 5) is 24.7. The zero-order chi connectivity index (χ0) is 16.1. The summed E-state index contributed by atoms with van der Waals surface area (Å²) in [7, 11) is 0. The maximum atomic E-state index is 12.2. The molecular weight excluding hydrogens is 322 g/mol. The Hall–Kier alpha value is -1.99. The molecule has 8 heteroatoms. The number of para-hydroxylation sites is 2. The van der Waals surface area contributed by atoms with Gasteiger partial charge in [0.2, 0.25) is 11.8 Å². The monoisotopic (exact) mass is 343 g/mol. The van der Waals surface area contributed by atoms with Gasteiger partial charge in [-0.05, 0) is 19.1 Å². The van der Waals surface area contributed by atoms with Crippen LogP contribution in [0.4, 0.5) is 0 Å². The van der Waals surface area contributed by atoms with Gasteiger partial charge in [-0.3, -0.25) is 9.59 Å². The minimum Gasteiger partial charge on any atom is -0.486 e. The van der Waals surface area contributed by atoms with Crippen LogP contribution in [0.25, 0.3) is 0 Å². The summed E-state index contributed by atoms with van der Waals surface area (Å²) in [5.41, 5.74) is 10.8. The highest BCUT2D eigenvalue weighted by Gasteiger charge is 2.27. The van der Waals surface area contributed by atoms with E-state index < -0.39 is 11.9 Å². The molecule has 0 saturated heterocycles. The van der Waals surface area contributed by atoms with E-state index >= 15 is 0 Å². The lowest BCUT2D eigenvalue weighted by atomic mass is 10.1. The van der Waals surface area contributed by atoms with Crippen LogP contribution >= 0.6 is 12.4 Å². The third kappa shape index (κ3) is 5.01. The number of benzene rings is 1. The van der Waals surface area contributed by atoms with Crippen LogP contribution < -0.4 is 20.9 Å². The molecule has 2 rings (SSSR count). The zero-order valence-electron chi connectivity index (χ0n) is 12.9. The number of fused-ring (bicyclic) bond motifs is 1. The average molecular weight is 344 g/mol. The summed E-state index contributed by atoms with van der Waals surface area (Å²) in [6, 6.07) is 6.45. The first kappa shape index (κ1) is 19.1. The Morgan fingerprint density at radius 3 is 2.61 bits per heavy atom. The molecule has 4 N–H and O–H groups in total. The van der Waals surface area contributed by atoms with Crippen molar-refractivity contribution in [3.8, 4) is 11.5 Å². The van der Waals surface area contributed by atoms with Gasteiger partial charge in [-0.2, -0.15) is 0 Å². The van der Waals surface area contributed by atoms with Crippen LogP contribution in [0.15, 0.2) is 24.3 Å². The van der Waals surface area contributed by atoms with Gasteiger partial charge in [0.1, 0.15) is 6.61 Å². The molecule has 1 aromatic carbocycles. The van der Waals surface area contributed by atoms with Gasteiger partial charge in [0.25, 0.3) is 0 Å². The van der Waals surface area contributed by atoms with Crippen LogP contribution in [0.1, 0.15) is 13.3 Å². The third-order valence-electron chi connectivity index (χ3n) is 3.42. The van der Waals surface area contributed by atoms with E-state index in [1.54, 1.807) is 4.90 Å². The van der Waals surface area contributed by atoms with Gasteiger partial charge in [0.05, 0.1) is 19.0 Å². The Morgan fingerprint density at radius 2 is 2.00 bits per heavy atom. The van der Waals surface area contributed by atoms with E-state index in [4.69, 9.17) is 20.9 Å². The van der Waals surface area contributed by atoms with Crippen molar-refractivity contribution < 1.29 is 19.1 Å². The molecule has 0 aliphatic carbocycles. The maximum Gasteiger partial charge on any atom is 0.240 e. The molecule has 1 aliphatic rings. The van der Waals surface area contributed by atoms with Gasteiger partial charge in [0.15, 0.2) is 17.6 Å². The summed E-state index contributed by atoms with van der Waals surface area (Å²) in [6.07, 6.45) is -0.445. The number of ether oxygens (including phenoxy) is 2. The minimum atomic E-state index is -0.922. The number of nitrogens with zero attached hydrogens (tertiary/aromatic N) is 1. The number of likely N-dealkylation sites (N-methyl/N-ethyl adjacent to an activating group) is 1. The van der Waals surface area contributed by atoms with Crippen molar-refractivity contribution in [2.45, 2.75) is 25.5 Å². The first-order valence-corrected chi connectivity index (χ1v) is 7.22. The Morgan fingerprint density at radius 1 is 1.35 bits per heavy atom. The van der Waals surface area contributed by atoms with E-state index in [0.29, 0.717) is 31.2 Å². The molecule has 7 nitrogen and oxygen atoms in total. The fourth-order valence-corrected chi connectivity index (χ4v) is 2.31. The molecule has 23 heavy (non-hydrogen) atoms. The largest absolute Gasteiger partial charge is 0.486 e. The van der Waals surface area contributed by atoms with Gasteiger partial charge >= 0.3 is 0 Å². The Bertz CT molecular complexity index is 555. The lowest BCUT2D eigenvalue weighted by Gasteiger charge is -2.31. The molecule has 1 heterocycles. The molecule has 2 amide bonds. The predicted octanol–water partition coefficient (Wildman–Crippen LogP) is 0.299. The van der Waals surface area contributed by atoms with Crippen molar-refractivity contribution >= 4 is 24.2 Å². The number of carbonyl (C=O) groups excluding carboxylic acids is 2. The Labute approximate surface area is 141 Å². The molecule has 1 aromatic rings. The molecule has 0 radical (unpaired) electrons. The van der Waals surface area contributed by atoms with Crippen LogP contribution in [0, 0.1) is 0 Å². The normalized spacial score (nSPS) is 16.9. The van der Waals surface area contributed by atoms with Crippen LogP contribution in [-0.4, -0.2) is 48.6 Å². The predicted molar refractivity (Wildman–Crippen MR) is 87.6 cm³/mol. The highest BCUT2D eigenvalue weighted by molar-refractivity contribution is 5.87. The number of primary amides is 1. The van der Waals surface area contributed by atoms with Gasteiger partial charge in [-0.1, -0.05) is 12.1 Å². The summed E-state index contributed by atoms with van der Waals surface area (Å²) in [5.74, 6) is 0.439. The lowest BCUT2D eigenvalue weighted by Crippen LogP contribution is -2.50. The van der Waals surface area contributed by atoms with E-state index in [-0.39, 0.29) is 30.8 Å². The Kier molecular flexibility index (Phi) is 7.12. The van der Waals surface area contributed by atoms with Crippen LogP contribution in [0.5, 0.6) is 11.5 Å². The van der Waals surface area contributed by atoms with Crippen LogP contribution in [0.2, 0.25) is 0 Å². The van der Waals surface area contributed by atoms with Crippen molar-refractivity contribution in [1.29, 1.82) is 0 Å². The fraction of sp³-hybridized carbons (Fsp3) is 0.467. The quantitative estimate of drug-likeness (QED) is 0.772. The second kappa shape index (κ2) is 8.59. The number of hydrogen-bond acceptors (Lipinski definition) is 5. The highest BCUT2D eigenvalue weighted by Crippen LogP contribution is 2.31. The number of nitrogens with two attached hydrogens (primary N) is 2. The van der Waals surface area contributed by atoms with E-state index in [1.807, 2.05) is 31.2 Å². The standard InChI is InChI=1S/C15H21N3O4.ClH/c1-2-18(15(20)11(16)7-14(17)19)8-10-9-21-12-5-3-4-6-13(12)22-10;/h3-6,10-11H,2,7-9,16H2,1H3,(H2,17,19);1H. The number of rotatable bonds is 6. The van der Waals surface area contributed by atoms with Gasteiger partial charge in [-0.15, -0.1) is 12.4 Å². The van der Waals surface area contributed by atoms with Crippen molar-refractivity contribution in [3.63, 3.8) is 0 Å². The smallest absolute Gasteiger partial charge is 0.240 e. The SMILES string of the molecule is CCN(CC1COc2ccccc2O1)C(=O)C(N)CC(N)=O.Cl. The molecule has 0 saturated carbocycles. The zero-order valence-corrected chi connectivity index (χ0v) is 13.8. The van der Waals surface area contributed by atoms with Gasteiger partial charge in [-0.25, -0.2) is 0 Å². The van der Waals surface area contributed by atoms with E-state index in [2.05, 4.69) is 0 Å². The van der Waals surface area contributed by atoms with Crippen LogP contribution in [0.3, 0.4) is 0 Å². The minimum absolute atomic E-state index is 0. The molecule has 2 unspecified atom stereocenters. The van der Waals surface area contributed by atoms with E-state index in [0.717, 1.165) is 0 Å². The maximum absolute atomic E-state index is 12.2. The summed E-state index contributed by atoms with van der Waals surface area (Å²) < 4.78 is 11.4. The topological polar surface area (TPSA) is 108 Å². The molecule has 0 bridgehead atoms. The molecular formula is C15H22ClN3O4. The number of amides is 2. The average Bonchev–Trinajstić information content (AvgIpc) is 2.51. The fourth-order valence-electron chi connectivity index (χ4n) is 2.31. The molecule has 0 spiro atoms. The highest BCUT2D eigenvalue weighted by atomic mass is 35.5. The Balaban J connectivity index is 0.00000264. The summed E-state index contributed by atoms with van der Waals surface area (Å²) in [5, 5.41) is 0. The van der Waals surface area contributed by atoms with E-state index in [9.17, 15) is 9.59 Å².